The van der Waals surface area contributed by atoms with Gasteiger partial charge in [-0.1, -0.05) is 23.5 Å². The summed E-state index contributed by atoms with van der Waals surface area (Å²) in [7, 11) is -3.85. The Morgan fingerprint density at radius 2 is 2.14 bits per heavy atom. The Balaban J connectivity index is 2.21. The van der Waals surface area contributed by atoms with E-state index in [1.54, 1.807) is 24.3 Å². The summed E-state index contributed by atoms with van der Waals surface area (Å²) in [6.07, 6.45) is 0. The third kappa shape index (κ3) is 4.13. The Morgan fingerprint density at radius 3 is 2.81 bits per heavy atom. The molecule has 0 bridgehead atoms. The number of benzene rings is 1. The highest BCUT2D eigenvalue weighted by Crippen LogP contribution is 2.23. The van der Waals surface area contributed by atoms with E-state index in [1.807, 2.05) is 0 Å². The first-order valence-corrected chi connectivity index (χ1v) is 8.53. The number of alkyl halides is 1. The summed E-state index contributed by atoms with van der Waals surface area (Å²) in [4.78, 5) is 10.9. The van der Waals surface area contributed by atoms with Gasteiger partial charge in [-0.05, 0) is 17.7 Å². The Bertz CT molecular complexity index is 760. The third-order valence-electron chi connectivity index (χ3n) is 2.25. The van der Waals surface area contributed by atoms with Crippen molar-refractivity contribution in [2.45, 2.75) is 17.1 Å². The monoisotopic (exact) mass is 346 g/mol. The molecule has 0 atom stereocenters. The van der Waals surface area contributed by atoms with E-state index in [1.165, 1.54) is 6.92 Å². The number of amides is 1. The summed E-state index contributed by atoms with van der Waals surface area (Å²) >= 11 is 6.47. The number of nitrogens with zero attached hydrogens (tertiary/aromatic N) is 2. The first-order chi connectivity index (χ1) is 9.90. The molecule has 0 unspecified atom stereocenters. The van der Waals surface area contributed by atoms with Crippen LogP contribution in [-0.2, 0) is 20.7 Å². The Hall–Kier alpha value is -1.71. The molecule has 0 aliphatic rings. The van der Waals surface area contributed by atoms with Crippen molar-refractivity contribution in [2.24, 2.45) is 0 Å². The number of anilines is 2. The molecule has 0 aliphatic carbocycles. The fraction of sp³-hybridized carbons (Fsp3) is 0.182. The number of rotatable bonds is 5. The zero-order valence-electron chi connectivity index (χ0n) is 10.8. The van der Waals surface area contributed by atoms with Crippen LogP contribution in [-0.4, -0.2) is 24.5 Å². The molecular weight excluding hydrogens is 336 g/mol. The van der Waals surface area contributed by atoms with Crippen LogP contribution >= 0.6 is 22.9 Å². The average molecular weight is 347 g/mol. The first-order valence-electron chi connectivity index (χ1n) is 5.69. The van der Waals surface area contributed by atoms with E-state index in [0.29, 0.717) is 5.69 Å². The SMILES string of the molecule is CC(=O)Nc1nnc(S(=O)(=O)Nc2cccc(CCl)c2)s1. The molecule has 2 N–H and O–H groups in total. The van der Waals surface area contributed by atoms with Crippen LogP contribution in [0, 0.1) is 0 Å². The summed E-state index contributed by atoms with van der Waals surface area (Å²) in [6, 6.07) is 6.70. The smallest absolute Gasteiger partial charge is 0.291 e. The lowest BCUT2D eigenvalue weighted by atomic mass is 10.2. The van der Waals surface area contributed by atoms with Gasteiger partial charge >= 0.3 is 0 Å². The molecule has 0 radical (unpaired) electrons. The lowest BCUT2D eigenvalue weighted by Gasteiger charge is -2.05. The van der Waals surface area contributed by atoms with Gasteiger partial charge in [-0.2, -0.15) is 8.42 Å². The van der Waals surface area contributed by atoms with E-state index < -0.39 is 10.0 Å². The van der Waals surface area contributed by atoms with Gasteiger partial charge in [0, 0.05) is 18.5 Å². The fourth-order valence-corrected chi connectivity index (χ4v) is 3.60. The van der Waals surface area contributed by atoms with Gasteiger partial charge in [-0.15, -0.1) is 21.8 Å². The minimum atomic E-state index is -3.85. The molecule has 1 aromatic carbocycles. The van der Waals surface area contributed by atoms with Gasteiger partial charge in [-0.3, -0.25) is 9.52 Å². The molecule has 1 amide bonds. The van der Waals surface area contributed by atoms with Crippen LogP contribution in [0.5, 0.6) is 0 Å². The van der Waals surface area contributed by atoms with Crippen molar-refractivity contribution in [1.29, 1.82) is 0 Å². The number of hydrogen-bond acceptors (Lipinski definition) is 6. The lowest BCUT2D eigenvalue weighted by Crippen LogP contribution is -2.12. The van der Waals surface area contributed by atoms with Crippen molar-refractivity contribution in [3.63, 3.8) is 0 Å². The topological polar surface area (TPSA) is 101 Å². The van der Waals surface area contributed by atoms with Crippen LogP contribution in [0.4, 0.5) is 10.8 Å². The van der Waals surface area contributed by atoms with E-state index in [4.69, 9.17) is 11.6 Å². The van der Waals surface area contributed by atoms with Crippen LogP contribution < -0.4 is 10.0 Å². The first kappa shape index (κ1) is 15.7. The number of nitrogens with one attached hydrogen (secondary N) is 2. The molecule has 0 saturated heterocycles. The van der Waals surface area contributed by atoms with E-state index >= 15 is 0 Å². The maximum Gasteiger partial charge on any atom is 0.291 e. The van der Waals surface area contributed by atoms with Crippen LogP contribution in [0.25, 0.3) is 0 Å². The van der Waals surface area contributed by atoms with Gasteiger partial charge in [0.2, 0.25) is 11.0 Å². The predicted molar refractivity (Wildman–Crippen MR) is 81.0 cm³/mol. The minimum Gasteiger partial charge on any atom is -0.301 e. The Kier molecular flexibility index (Phi) is 4.76. The Labute approximate surface area is 130 Å². The second-order valence-electron chi connectivity index (χ2n) is 3.99. The summed E-state index contributed by atoms with van der Waals surface area (Å²) in [5.74, 6) is -0.0704. The molecule has 1 aromatic heterocycles. The van der Waals surface area contributed by atoms with Crippen molar-refractivity contribution in [3.05, 3.63) is 29.8 Å². The van der Waals surface area contributed by atoms with Crippen molar-refractivity contribution in [2.75, 3.05) is 10.0 Å². The minimum absolute atomic E-state index is 0.123. The van der Waals surface area contributed by atoms with Crippen molar-refractivity contribution in [3.8, 4) is 0 Å². The molecule has 112 valence electrons. The fourth-order valence-electron chi connectivity index (χ4n) is 1.44. The van der Waals surface area contributed by atoms with Crippen molar-refractivity contribution in [1.82, 2.24) is 10.2 Å². The van der Waals surface area contributed by atoms with Gasteiger partial charge in [0.05, 0.1) is 0 Å². The van der Waals surface area contributed by atoms with E-state index in [9.17, 15) is 13.2 Å². The molecule has 0 aliphatic heterocycles. The highest BCUT2D eigenvalue weighted by Gasteiger charge is 2.20. The normalized spacial score (nSPS) is 11.1. The summed E-state index contributed by atoms with van der Waals surface area (Å²) in [6.45, 7) is 1.30. The maximum absolute atomic E-state index is 12.2. The largest absolute Gasteiger partial charge is 0.301 e. The summed E-state index contributed by atoms with van der Waals surface area (Å²) in [5.41, 5.74) is 1.16. The molecule has 2 rings (SSSR count). The molecule has 10 heteroatoms. The Morgan fingerprint density at radius 1 is 1.38 bits per heavy atom. The standard InChI is InChI=1S/C11H11ClN4O3S2/c1-7(17)13-10-14-15-11(20-10)21(18,19)16-9-4-2-3-8(5-9)6-12/h2-5,16H,6H2,1H3,(H,13,14,17). The van der Waals surface area contributed by atoms with Crippen molar-refractivity contribution >= 4 is 49.7 Å². The number of carbonyl (C=O) groups is 1. The molecule has 2 aromatic rings. The second kappa shape index (κ2) is 6.37. The highest BCUT2D eigenvalue weighted by atomic mass is 35.5. The number of aromatic nitrogens is 2. The quantitative estimate of drug-likeness (QED) is 0.637. The highest BCUT2D eigenvalue weighted by molar-refractivity contribution is 7.94. The van der Waals surface area contributed by atoms with E-state index in [0.717, 1.165) is 16.9 Å². The molecule has 21 heavy (non-hydrogen) atoms. The number of carbonyl (C=O) groups excluding carboxylic acids is 1. The molecule has 0 saturated carbocycles. The molecule has 0 fully saturated rings. The number of hydrogen-bond donors (Lipinski definition) is 2. The van der Waals surface area contributed by atoms with Gasteiger partial charge in [0.1, 0.15) is 0 Å². The summed E-state index contributed by atoms with van der Waals surface area (Å²) in [5, 5.41) is 9.65. The van der Waals surface area contributed by atoms with Crippen LogP contribution in [0.15, 0.2) is 28.6 Å². The van der Waals surface area contributed by atoms with Crippen LogP contribution in [0.3, 0.4) is 0 Å². The maximum atomic E-state index is 12.2. The molecule has 1 heterocycles. The van der Waals surface area contributed by atoms with Gasteiger partial charge in [-0.25, -0.2) is 0 Å². The van der Waals surface area contributed by atoms with Gasteiger partial charge in [0.25, 0.3) is 14.4 Å². The zero-order valence-corrected chi connectivity index (χ0v) is 13.2. The van der Waals surface area contributed by atoms with E-state index in [2.05, 4.69) is 20.2 Å². The molecular formula is C11H11ClN4O3S2. The van der Waals surface area contributed by atoms with Crippen LogP contribution in [0.2, 0.25) is 0 Å². The summed E-state index contributed by atoms with van der Waals surface area (Å²) < 4.78 is 26.5. The number of sulfonamides is 1. The van der Waals surface area contributed by atoms with Gasteiger partial charge in [0.15, 0.2) is 0 Å². The number of halogens is 1. The predicted octanol–water partition coefficient (Wildman–Crippen LogP) is 2.04. The average Bonchev–Trinajstić information content (AvgIpc) is 2.87. The lowest BCUT2D eigenvalue weighted by molar-refractivity contribution is -0.114. The second-order valence-corrected chi connectivity index (χ2v) is 7.09. The molecule has 0 spiro atoms. The zero-order chi connectivity index (χ0) is 15.5. The van der Waals surface area contributed by atoms with Crippen molar-refractivity contribution < 1.29 is 13.2 Å². The molecule has 7 nitrogen and oxygen atoms in total. The van der Waals surface area contributed by atoms with Crippen LogP contribution in [0.1, 0.15) is 12.5 Å². The third-order valence-corrected chi connectivity index (χ3v) is 5.15. The van der Waals surface area contributed by atoms with Gasteiger partial charge < -0.3 is 5.32 Å². The van der Waals surface area contributed by atoms with E-state index in [-0.39, 0.29) is 21.3 Å².